The molecule has 1 atom stereocenters. The number of sulfonamides is 1. The van der Waals surface area contributed by atoms with Gasteiger partial charge in [0.1, 0.15) is 10.7 Å². The Hall–Kier alpha value is -0.890. The van der Waals surface area contributed by atoms with Crippen LogP contribution in [-0.2, 0) is 10.0 Å². The number of aromatic nitrogens is 1. The molecule has 0 spiro atoms. The van der Waals surface area contributed by atoms with E-state index in [4.69, 9.17) is 22.4 Å². The quantitative estimate of drug-likeness (QED) is 0.827. The third-order valence-corrected chi connectivity index (χ3v) is 4.17. The molecule has 1 rings (SSSR count). The van der Waals surface area contributed by atoms with Gasteiger partial charge in [-0.05, 0) is 13.0 Å². The van der Waals surface area contributed by atoms with Crippen LogP contribution in [0.1, 0.15) is 6.92 Å². The molecule has 1 aromatic rings. The number of aliphatic hydroxyl groups excluding tert-OH is 1. The van der Waals surface area contributed by atoms with Crippen molar-refractivity contribution in [2.45, 2.75) is 17.9 Å². The minimum Gasteiger partial charge on any atom is -0.392 e. The van der Waals surface area contributed by atoms with Crippen molar-refractivity contribution >= 4 is 27.4 Å². The molecule has 0 aromatic carbocycles. The van der Waals surface area contributed by atoms with Gasteiger partial charge in [-0.1, -0.05) is 11.6 Å². The molecule has 3 N–H and O–H groups in total. The number of hydrogen-bond acceptors (Lipinski definition) is 5. The molecule has 0 aliphatic carbocycles. The zero-order valence-corrected chi connectivity index (χ0v) is 11.0. The van der Waals surface area contributed by atoms with Gasteiger partial charge in [0.15, 0.2) is 0 Å². The lowest BCUT2D eigenvalue weighted by atomic mass is 10.4. The average Bonchev–Trinajstić information content (AvgIpc) is 2.20. The Labute approximate surface area is 105 Å². The van der Waals surface area contributed by atoms with Crippen molar-refractivity contribution < 1.29 is 13.5 Å². The molecule has 8 heteroatoms. The summed E-state index contributed by atoms with van der Waals surface area (Å²) in [7, 11) is -2.34. The van der Waals surface area contributed by atoms with Gasteiger partial charge in [-0.3, -0.25) is 0 Å². The summed E-state index contributed by atoms with van der Waals surface area (Å²) in [6.07, 6.45) is 0.377. The van der Waals surface area contributed by atoms with Gasteiger partial charge in [0.25, 0.3) is 0 Å². The zero-order chi connectivity index (χ0) is 13.2. The van der Waals surface area contributed by atoms with Crippen LogP contribution in [0.15, 0.2) is 17.2 Å². The van der Waals surface area contributed by atoms with Crippen LogP contribution in [-0.4, -0.2) is 42.5 Å². The zero-order valence-electron chi connectivity index (χ0n) is 9.46. The summed E-state index contributed by atoms with van der Waals surface area (Å²) in [6.45, 7) is 1.49. The standard InChI is InChI=1S/C9H14ClN3O3S/c1-6(14)5-13(2)17(15,16)7-3-8(10)9(11)12-4-7/h3-4,6,14H,5H2,1-2H3,(H2,11,12). The Morgan fingerprint density at radius 1 is 1.65 bits per heavy atom. The number of halogens is 1. The predicted octanol–water partition coefficient (Wildman–Crippen LogP) is 0.319. The van der Waals surface area contributed by atoms with Crippen molar-refractivity contribution in [3.05, 3.63) is 17.3 Å². The largest absolute Gasteiger partial charge is 0.392 e. The van der Waals surface area contributed by atoms with Crippen LogP contribution in [0.2, 0.25) is 5.02 Å². The van der Waals surface area contributed by atoms with Gasteiger partial charge < -0.3 is 10.8 Å². The van der Waals surface area contributed by atoms with E-state index in [1.54, 1.807) is 0 Å². The lowest BCUT2D eigenvalue weighted by Gasteiger charge is -2.18. The summed E-state index contributed by atoms with van der Waals surface area (Å²) < 4.78 is 25.0. The maximum absolute atomic E-state index is 12.0. The number of nitrogens with zero attached hydrogens (tertiary/aromatic N) is 2. The first-order chi connectivity index (χ1) is 7.75. The number of nitrogen functional groups attached to an aromatic ring is 1. The van der Waals surface area contributed by atoms with Crippen molar-refractivity contribution in [3.63, 3.8) is 0 Å². The fourth-order valence-electron chi connectivity index (χ4n) is 1.22. The molecular weight excluding hydrogens is 266 g/mol. The van der Waals surface area contributed by atoms with Gasteiger partial charge in [-0.2, -0.15) is 4.31 Å². The van der Waals surface area contributed by atoms with Crippen LogP contribution < -0.4 is 5.73 Å². The molecule has 1 heterocycles. The molecule has 1 aromatic heterocycles. The highest BCUT2D eigenvalue weighted by atomic mass is 35.5. The van der Waals surface area contributed by atoms with Crippen molar-refractivity contribution in [2.24, 2.45) is 0 Å². The van der Waals surface area contributed by atoms with Crippen molar-refractivity contribution in [1.29, 1.82) is 0 Å². The summed E-state index contributed by atoms with van der Waals surface area (Å²) >= 11 is 5.71. The van der Waals surface area contributed by atoms with Crippen LogP contribution in [0.25, 0.3) is 0 Å². The molecular formula is C9H14ClN3O3S. The smallest absolute Gasteiger partial charge is 0.244 e. The van der Waals surface area contributed by atoms with Crippen LogP contribution in [0.3, 0.4) is 0 Å². The number of anilines is 1. The first kappa shape index (κ1) is 14.2. The SMILES string of the molecule is CC(O)CN(C)S(=O)(=O)c1cnc(N)c(Cl)c1. The van der Waals surface area contributed by atoms with E-state index in [9.17, 15) is 8.42 Å². The number of pyridine rings is 1. The van der Waals surface area contributed by atoms with Crippen LogP contribution >= 0.6 is 11.6 Å². The van der Waals surface area contributed by atoms with Crippen LogP contribution in [0, 0.1) is 0 Å². The van der Waals surface area contributed by atoms with E-state index in [1.807, 2.05) is 0 Å². The topological polar surface area (TPSA) is 96.5 Å². The summed E-state index contributed by atoms with van der Waals surface area (Å²) in [5.74, 6) is 0.0730. The molecule has 0 saturated carbocycles. The monoisotopic (exact) mass is 279 g/mol. The molecule has 0 radical (unpaired) electrons. The highest BCUT2D eigenvalue weighted by Crippen LogP contribution is 2.21. The second kappa shape index (κ2) is 5.18. The molecule has 0 bridgehead atoms. The molecule has 0 amide bonds. The van der Waals surface area contributed by atoms with E-state index >= 15 is 0 Å². The molecule has 1 unspecified atom stereocenters. The Morgan fingerprint density at radius 2 is 2.24 bits per heavy atom. The molecule has 0 saturated heterocycles. The van der Waals surface area contributed by atoms with Gasteiger partial charge in [0.2, 0.25) is 10.0 Å². The Balaban J connectivity index is 3.09. The molecule has 96 valence electrons. The number of rotatable bonds is 4. The first-order valence-electron chi connectivity index (χ1n) is 4.80. The predicted molar refractivity (Wildman–Crippen MR) is 65.2 cm³/mol. The van der Waals surface area contributed by atoms with Gasteiger partial charge in [0, 0.05) is 19.8 Å². The van der Waals surface area contributed by atoms with E-state index in [2.05, 4.69) is 4.98 Å². The van der Waals surface area contributed by atoms with E-state index < -0.39 is 16.1 Å². The minimum atomic E-state index is -3.70. The maximum atomic E-state index is 12.0. The molecule has 0 aliphatic rings. The third-order valence-electron chi connectivity index (χ3n) is 2.07. The van der Waals surface area contributed by atoms with E-state index in [-0.39, 0.29) is 22.3 Å². The second-order valence-corrected chi connectivity index (χ2v) is 6.12. The fourth-order valence-corrected chi connectivity index (χ4v) is 2.68. The van der Waals surface area contributed by atoms with E-state index in [0.717, 1.165) is 10.5 Å². The molecule has 0 fully saturated rings. The maximum Gasteiger partial charge on any atom is 0.244 e. The van der Waals surface area contributed by atoms with Crippen molar-refractivity contribution in [2.75, 3.05) is 19.3 Å². The fraction of sp³-hybridized carbons (Fsp3) is 0.444. The number of hydrogen-bond donors (Lipinski definition) is 2. The molecule has 17 heavy (non-hydrogen) atoms. The van der Waals surface area contributed by atoms with Gasteiger partial charge >= 0.3 is 0 Å². The second-order valence-electron chi connectivity index (χ2n) is 3.67. The van der Waals surface area contributed by atoms with Gasteiger partial charge in [-0.25, -0.2) is 13.4 Å². The van der Waals surface area contributed by atoms with Crippen molar-refractivity contribution in [1.82, 2.24) is 9.29 Å². The van der Waals surface area contributed by atoms with Crippen molar-refractivity contribution in [3.8, 4) is 0 Å². The minimum absolute atomic E-state index is 0.00959. The highest BCUT2D eigenvalue weighted by molar-refractivity contribution is 7.89. The normalized spacial score (nSPS) is 13.9. The molecule has 0 aliphatic heterocycles. The third kappa shape index (κ3) is 3.29. The Morgan fingerprint density at radius 3 is 2.71 bits per heavy atom. The molecule has 6 nitrogen and oxygen atoms in total. The van der Waals surface area contributed by atoms with Gasteiger partial charge in [0.05, 0.1) is 11.1 Å². The Kier molecular flexibility index (Phi) is 4.31. The summed E-state index contributed by atoms with van der Waals surface area (Å²) in [6, 6.07) is 1.23. The lowest BCUT2D eigenvalue weighted by Crippen LogP contribution is -2.33. The van der Waals surface area contributed by atoms with Gasteiger partial charge in [-0.15, -0.1) is 0 Å². The van der Waals surface area contributed by atoms with Crippen LogP contribution in [0.5, 0.6) is 0 Å². The average molecular weight is 280 g/mol. The number of likely N-dealkylation sites (N-methyl/N-ethyl adjacent to an activating group) is 1. The summed E-state index contributed by atoms with van der Waals surface area (Å²) in [4.78, 5) is 3.63. The lowest BCUT2D eigenvalue weighted by molar-refractivity contribution is 0.171. The first-order valence-corrected chi connectivity index (χ1v) is 6.62. The number of nitrogens with two attached hydrogens (primary N) is 1. The van der Waals surface area contributed by atoms with Crippen LogP contribution in [0.4, 0.5) is 5.82 Å². The van der Waals surface area contributed by atoms with E-state index in [0.29, 0.717) is 0 Å². The Bertz CT molecular complexity index is 504. The number of aliphatic hydroxyl groups is 1. The summed E-state index contributed by atoms with van der Waals surface area (Å²) in [5.41, 5.74) is 5.40. The summed E-state index contributed by atoms with van der Waals surface area (Å²) in [5, 5.41) is 9.24. The van der Waals surface area contributed by atoms with E-state index in [1.165, 1.54) is 20.0 Å². The highest BCUT2D eigenvalue weighted by Gasteiger charge is 2.23.